The van der Waals surface area contributed by atoms with Crippen LogP contribution in [0.25, 0.3) is 10.8 Å². The number of hydrogen-bond acceptors (Lipinski definition) is 5. The Hall–Kier alpha value is -3.33. The number of benzene rings is 3. The summed E-state index contributed by atoms with van der Waals surface area (Å²) in [6.07, 6.45) is 0.892. The lowest BCUT2D eigenvalue weighted by atomic mass is 10.1. The Balaban J connectivity index is 1.51. The van der Waals surface area contributed by atoms with E-state index in [1.54, 1.807) is 24.0 Å². The van der Waals surface area contributed by atoms with Gasteiger partial charge in [-0.2, -0.15) is 0 Å². The lowest BCUT2D eigenvalue weighted by Gasteiger charge is -2.33. The number of aryl methyl sites for hydroxylation is 1. The largest absolute Gasteiger partial charge is 0.490 e. The Kier molecular flexibility index (Phi) is 7.13. The monoisotopic (exact) mass is 514 g/mol. The zero-order valence-electron chi connectivity index (χ0n) is 20.9. The number of nitrogens with one attached hydrogen (secondary N) is 1. The fourth-order valence-corrected chi connectivity index (χ4v) is 5.53. The maximum Gasteiger partial charge on any atom is 0.410 e. The molecule has 1 fully saturated rings. The molecule has 0 bridgehead atoms. The summed E-state index contributed by atoms with van der Waals surface area (Å²) >= 11 is 0. The average molecular weight is 515 g/mol. The molecule has 1 aliphatic heterocycles. The van der Waals surface area contributed by atoms with E-state index in [-0.39, 0.29) is 17.1 Å². The lowest BCUT2D eigenvalue weighted by Crippen LogP contribution is -2.44. The van der Waals surface area contributed by atoms with E-state index < -0.39 is 21.4 Å². The van der Waals surface area contributed by atoms with Crippen molar-refractivity contribution in [1.29, 1.82) is 0 Å². The molecule has 1 heterocycles. The number of carbonyl (C=O) groups is 1. The molecule has 9 heteroatoms. The van der Waals surface area contributed by atoms with E-state index in [0.29, 0.717) is 48.3 Å². The van der Waals surface area contributed by atoms with Gasteiger partial charge in [0.25, 0.3) is 10.0 Å². The fraction of sp³-hybridized carbons (Fsp3) is 0.370. The van der Waals surface area contributed by atoms with E-state index in [2.05, 4.69) is 4.72 Å². The molecule has 1 saturated heterocycles. The molecule has 1 aliphatic rings. The number of hydrogen-bond donors (Lipinski definition) is 1. The molecule has 3 aromatic rings. The van der Waals surface area contributed by atoms with Gasteiger partial charge in [0, 0.05) is 36.7 Å². The minimum absolute atomic E-state index is 0.0930. The van der Waals surface area contributed by atoms with Gasteiger partial charge in [0.1, 0.15) is 23.3 Å². The highest BCUT2D eigenvalue weighted by molar-refractivity contribution is 7.92. The third-order valence-corrected chi connectivity index (χ3v) is 7.46. The fourth-order valence-electron chi connectivity index (χ4n) is 4.19. The van der Waals surface area contributed by atoms with Crippen molar-refractivity contribution in [2.24, 2.45) is 0 Å². The molecule has 4 rings (SSSR count). The zero-order chi connectivity index (χ0) is 26.1. The van der Waals surface area contributed by atoms with Crippen molar-refractivity contribution in [2.45, 2.75) is 57.1 Å². The van der Waals surface area contributed by atoms with Gasteiger partial charge in [-0.1, -0.05) is 30.3 Å². The molecule has 0 radical (unpaired) electrons. The van der Waals surface area contributed by atoms with Crippen molar-refractivity contribution in [1.82, 2.24) is 4.90 Å². The van der Waals surface area contributed by atoms with Gasteiger partial charge < -0.3 is 14.4 Å². The topological polar surface area (TPSA) is 84.9 Å². The standard InChI is InChI=1S/C27H31FN2O5S/c1-18-9-10-19(28)17-25(18)36(32,33)29-23-11-12-24(22-8-6-5-7-21(22)23)34-20-13-15-30(16-14-20)26(31)35-27(2,3)4/h5-12,17,20,29H,13-16H2,1-4H3. The number of nitrogens with zero attached hydrogens (tertiary/aromatic N) is 1. The summed E-state index contributed by atoms with van der Waals surface area (Å²) in [7, 11) is -4.01. The summed E-state index contributed by atoms with van der Waals surface area (Å²) < 4.78 is 54.2. The van der Waals surface area contributed by atoms with Crippen LogP contribution in [0.3, 0.4) is 0 Å². The molecule has 7 nitrogen and oxygen atoms in total. The number of anilines is 1. The summed E-state index contributed by atoms with van der Waals surface area (Å²) in [5.41, 5.74) is 0.284. The van der Waals surface area contributed by atoms with Crippen LogP contribution in [0.5, 0.6) is 5.75 Å². The number of sulfonamides is 1. The minimum atomic E-state index is -4.01. The van der Waals surface area contributed by atoms with E-state index in [0.717, 1.165) is 11.5 Å². The predicted octanol–water partition coefficient (Wildman–Crippen LogP) is 5.87. The Morgan fingerprint density at radius 3 is 2.36 bits per heavy atom. The first-order valence-electron chi connectivity index (χ1n) is 11.9. The van der Waals surface area contributed by atoms with Crippen molar-refractivity contribution >= 4 is 32.6 Å². The van der Waals surface area contributed by atoms with E-state index in [1.165, 1.54) is 12.1 Å². The molecule has 1 amide bonds. The van der Waals surface area contributed by atoms with Gasteiger partial charge in [-0.15, -0.1) is 0 Å². The van der Waals surface area contributed by atoms with Crippen LogP contribution in [0.15, 0.2) is 59.5 Å². The molecular formula is C27H31FN2O5S. The first-order valence-corrected chi connectivity index (χ1v) is 13.4. The SMILES string of the molecule is Cc1ccc(F)cc1S(=O)(=O)Nc1ccc(OC2CCN(C(=O)OC(C)(C)C)CC2)c2ccccc12. The summed E-state index contributed by atoms with van der Waals surface area (Å²) in [6, 6.07) is 14.4. The Morgan fingerprint density at radius 1 is 1.03 bits per heavy atom. The van der Waals surface area contributed by atoms with E-state index in [9.17, 15) is 17.6 Å². The summed E-state index contributed by atoms with van der Waals surface area (Å²) in [5.74, 6) is 0.0125. The molecule has 192 valence electrons. The second kappa shape index (κ2) is 9.97. The van der Waals surface area contributed by atoms with Crippen molar-refractivity contribution in [3.05, 3.63) is 66.0 Å². The van der Waals surface area contributed by atoms with Crippen LogP contribution >= 0.6 is 0 Å². The first kappa shape index (κ1) is 25.8. The quantitative estimate of drug-likeness (QED) is 0.461. The van der Waals surface area contributed by atoms with Gasteiger partial charge in [0.05, 0.1) is 10.6 Å². The number of amides is 1. The third-order valence-electron chi connectivity index (χ3n) is 5.96. The van der Waals surface area contributed by atoms with Crippen LogP contribution in [0.2, 0.25) is 0 Å². The van der Waals surface area contributed by atoms with Gasteiger partial charge in [0.2, 0.25) is 0 Å². The molecular weight excluding hydrogens is 483 g/mol. The highest BCUT2D eigenvalue weighted by atomic mass is 32.2. The van der Waals surface area contributed by atoms with Crippen molar-refractivity contribution < 1.29 is 27.1 Å². The van der Waals surface area contributed by atoms with E-state index in [1.807, 2.05) is 45.0 Å². The van der Waals surface area contributed by atoms with E-state index >= 15 is 0 Å². The molecule has 3 aromatic carbocycles. The maximum atomic E-state index is 13.7. The second-order valence-corrected chi connectivity index (χ2v) is 11.6. The zero-order valence-corrected chi connectivity index (χ0v) is 21.7. The summed E-state index contributed by atoms with van der Waals surface area (Å²) in [4.78, 5) is 13.9. The highest BCUT2D eigenvalue weighted by Gasteiger charge is 2.28. The molecule has 0 aliphatic carbocycles. The number of ether oxygens (including phenoxy) is 2. The molecule has 0 spiro atoms. The number of fused-ring (bicyclic) bond motifs is 1. The van der Waals surface area contributed by atoms with Gasteiger partial charge in [-0.05, 0) is 57.5 Å². The van der Waals surface area contributed by atoms with Crippen molar-refractivity contribution in [2.75, 3.05) is 17.8 Å². The summed E-state index contributed by atoms with van der Waals surface area (Å²) in [5, 5.41) is 1.42. The Morgan fingerprint density at radius 2 is 1.69 bits per heavy atom. The van der Waals surface area contributed by atoms with Gasteiger partial charge in [0.15, 0.2) is 0 Å². The molecule has 1 N–H and O–H groups in total. The molecule has 0 unspecified atom stereocenters. The van der Waals surface area contributed by atoms with Crippen LogP contribution in [0.4, 0.5) is 14.9 Å². The average Bonchev–Trinajstić information content (AvgIpc) is 2.81. The van der Waals surface area contributed by atoms with Gasteiger partial charge >= 0.3 is 6.09 Å². The van der Waals surface area contributed by atoms with Crippen LogP contribution in [-0.2, 0) is 14.8 Å². The maximum absolute atomic E-state index is 13.7. The van der Waals surface area contributed by atoms with Crippen LogP contribution in [-0.4, -0.2) is 44.2 Å². The minimum Gasteiger partial charge on any atom is -0.490 e. The number of halogens is 1. The molecule has 0 aromatic heterocycles. The van der Waals surface area contributed by atoms with Crippen LogP contribution in [0, 0.1) is 12.7 Å². The number of likely N-dealkylation sites (tertiary alicyclic amines) is 1. The lowest BCUT2D eigenvalue weighted by molar-refractivity contribution is 0.0128. The molecule has 0 saturated carbocycles. The van der Waals surface area contributed by atoms with Gasteiger partial charge in [-0.3, -0.25) is 4.72 Å². The van der Waals surface area contributed by atoms with Crippen LogP contribution < -0.4 is 9.46 Å². The molecule has 36 heavy (non-hydrogen) atoms. The van der Waals surface area contributed by atoms with Crippen molar-refractivity contribution in [3.63, 3.8) is 0 Å². The second-order valence-electron chi connectivity index (χ2n) is 9.96. The summed E-state index contributed by atoms with van der Waals surface area (Å²) in [6.45, 7) is 8.21. The molecule has 0 atom stereocenters. The van der Waals surface area contributed by atoms with Crippen LogP contribution in [0.1, 0.15) is 39.2 Å². The number of rotatable bonds is 5. The van der Waals surface area contributed by atoms with Gasteiger partial charge in [-0.25, -0.2) is 17.6 Å². The number of carbonyl (C=O) groups excluding carboxylic acids is 1. The van der Waals surface area contributed by atoms with E-state index in [4.69, 9.17) is 9.47 Å². The normalized spacial score (nSPS) is 15.1. The first-order chi connectivity index (χ1) is 16.9. The third kappa shape index (κ3) is 5.90. The Labute approximate surface area is 211 Å². The highest BCUT2D eigenvalue weighted by Crippen LogP contribution is 2.34. The predicted molar refractivity (Wildman–Crippen MR) is 137 cm³/mol. The van der Waals surface area contributed by atoms with Crippen molar-refractivity contribution in [3.8, 4) is 5.75 Å². The smallest absolute Gasteiger partial charge is 0.410 e. The number of piperidine rings is 1. The Bertz CT molecular complexity index is 1380.